The van der Waals surface area contributed by atoms with Crippen molar-refractivity contribution in [2.75, 3.05) is 13.1 Å². The van der Waals surface area contributed by atoms with Crippen LogP contribution in [0.3, 0.4) is 0 Å². The highest BCUT2D eigenvalue weighted by Crippen LogP contribution is 2.33. The molecule has 0 fully saturated rings. The summed E-state index contributed by atoms with van der Waals surface area (Å²) in [4.78, 5) is 34.2. The smallest absolute Gasteiger partial charge is 0.278 e. The molecular weight excluding hydrogens is 417 g/mol. The second-order valence-electron chi connectivity index (χ2n) is 8.06. The minimum atomic E-state index is -0.437. The summed E-state index contributed by atoms with van der Waals surface area (Å²) in [5.74, 6) is -1.23. The van der Waals surface area contributed by atoms with E-state index in [9.17, 15) is 14.0 Å². The van der Waals surface area contributed by atoms with E-state index in [1.54, 1.807) is 30.6 Å². The third-order valence-electron chi connectivity index (χ3n) is 5.89. The number of aryl methyl sites for hydroxylation is 1. The van der Waals surface area contributed by atoms with Crippen molar-refractivity contribution in [1.82, 2.24) is 14.8 Å². The highest BCUT2D eigenvalue weighted by molar-refractivity contribution is 6.35. The molecule has 3 aromatic rings. The molecule has 0 saturated carbocycles. The zero-order valence-corrected chi connectivity index (χ0v) is 18.8. The number of aromatic nitrogens is 1. The fourth-order valence-electron chi connectivity index (χ4n) is 4.02. The second kappa shape index (κ2) is 9.77. The molecule has 0 spiro atoms. The van der Waals surface area contributed by atoms with Crippen LogP contribution in [0.4, 0.5) is 4.39 Å². The minimum Gasteiger partial charge on any atom is -0.366 e. The molecular formula is C27H26FN3O2. The Bertz CT molecular complexity index is 1190. The molecule has 2 heterocycles. The van der Waals surface area contributed by atoms with Crippen LogP contribution in [0.25, 0.3) is 5.57 Å². The molecule has 168 valence electrons. The summed E-state index contributed by atoms with van der Waals surface area (Å²) < 4.78 is 14.3. The fourth-order valence-corrected chi connectivity index (χ4v) is 4.02. The minimum absolute atomic E-state index is 0.106. The van der Waals surface area contributed by atoms with Crippen molar-refractivity contribution in [1.29, 1.82) is 0 Å². The lowest BCUT2D eigenvalue weighted by Gasteiger charge is -2.25. The molecule has 0 saturated heterocycles. The summed E-state index contributed by atoms with van der Waals surface area (Å²) in [6, 6.07) is 17.7. The van der Waals surface area contributed by atoms with Crippen LogP contribution in [0.2, 0.25) is 0 Å². The number of likely N-dealkylation sites (N-methyl/N-ethyl adjacent to an activating group) is 1. The first-order valence-corrected chi connectivity index (χ1v) is 11.0. The summed E-state index contributed by atoms with van der Waals surface area (Å²) in [7, 11) is 0. The average molecular weight is 444 g/mol. The highest BCUT2D eigenvalue weighted by atomic mass is 19.1. The first-order valence-electron chi connectivity index (χ1n) is 11.0. The number of pyridine rings is 1. The third-order valence-corrected chi connectivity index (χ3v) is 5.89. The zero-order chi connectivity index (χ0) is 23.4. The van der Waals surface area contributed by atoms with Gasteiger partial charge in [0.05, 0.1) is 12.1 Å². The quantitative estimate of drug-likeness (QED) is 0.485. The largest absolute Gasteiger partial charge is 0.366 e. The van der Waals surface area contributed by atoms with Gasteiger partial charge in [-0.2, -0.15) is 0 Å². The lowest BCUT2D eigenvalue weighted by atomic mass is 10.0. The SMILES string of the molecule is CCN(CCc1ccncc1)C1=C(c2ccc(C)cc2)C(=O)N(Cc2ccccc2F)C1=O. The van der Waals surface area contributed by atoms with Gasteiger partial charge in [0.2, 0.25) is 0 Å². The van der Waals surface area contributed by atoms with Gasteiger partial charge in [-0.05, 0) is 49.6 Å². The van der Waals surface area contributed by atoms with E-state index >= 15 is 0 Å². The van der Waals surface area contributed by atoms with Gasteiger partial charge in [-0.15, -0.1) is 0 Å². The van der Waals surface area contributed by atoms with Crippen molar-refractivity contribution in [3.8, 4) is 0 Å². The van der Waals surface area contributed by atoms with E-state index in [4.69, 9.17) is 0 Å². The first-order chi connectivity index (χ1) is 16.0. The highest BCUT2D eigenvalue weighted by Gasteiger charge is 2.41. The summed E-state index contributed by atoms with van der Waals surface area (Å²) in [6.07, 6.45) is 4.18. The Morgan fingerprint density at radius 2 is 1.64 bits per heavy atom. The van der Waals surface area contributed by atoms with Crippen molar-refractivity contribution in [3.05, 3.63) is 107 Å². The standard InChI is InChI=1S/C27H26FN3O2/c1-3-30(17-14-20-12-15-29-16-13-20)25-24(21-10-8-19(2)9-11-21)26(32)31(27(25)33)18-22-6-4-5-7-23(22)28/h4-13,15-16H,3,14,17-18H2,1-2H3. The summed E-state index contributed by atoms with van der Waals surface area (Å²) in [6.45, 7) is 4.95. The number of amides is 2. The fraction of sp³-hybridized carbons (Fsp3) is 0.222. The van der Waals surface area contributed by atoms with Crippen LogP contribution in [-0.4, -0.2) is 39.7 Å². The maximum absolute atomic E-state index is 14.3. The van der Waals surface area contributed by atoms with E-state index in [2.05, 4.69) is 4.98 Å². The van der Waals surface area contributed by atoms with Gasteiger partial charge in [0.15, 0.2) is 0 Å². The molecule has 2 aromatic carbocycles. The normalized spacial score (nSPS) is 13.7. The van der Waals surface area contributed by atoms with Crippen LogP contribution >= 0.6 is 0 Å². The molecule has 0 aliphatic carbocycles. The molecule has 0 unspecified atom stereocenters. The maximum atomic E-state index is 14.3. The van der Waals surface area contributed by atoms with Gasteiger partial charge in [-0.3, -0.25) is 19.5 Å². The molecule has 1 aliphatic rings. The van der Waals surface area contributed by atoms with Crippen molar-refractivity contribution >= 4 is 17.4 Å². The summed E-state index contributed by atoms with van der Waals surface area (Å²) >= 11 is 0. The Kier molecular flexibility index (Phi) is 6.63. The number of nitrogens with zero attached hydrogens (tertiary/aromatic N) is 3. The molecule has 33 heavy (non-hydrogen) atoms. The lowest BCUT2D eigenvalue weighted by Crippen LogP contribution is -2.35. The second-order valence-corrected chi connectivity index (χ2v) is 8.06. The number of rotatable bonds is 8. The van der Waals surface area contributed by atoms with Crippen LogP contribution in [0.5, 0.6) is 0 Å². The number of hydrogen-bond acceptors (Lipinski definition) is 4. The van der Waals surface area contributed by atoms with E-state index in [0.29, 0.717) is 41.9 Å². The number of carbonyl (C=O) groups excluding carboxylic acids is 2. The van der Waals surface area contributed by atoms with Gasteiger partial charge in [-0.1, -0.05) is 48.0 Å². The van der Waals surface area contributed by atoms with Gasteiger partial charge in [0.25, 0.3) is 11.8 Å². The van der Waals surface area contributed by atoms with Crippen LogP contribution in [0, 0.1) is 12.7 Å². The predicted octanol–water partition coefficient (Wildman–Crippen LogP) is 4.37. The molecule has 5 nitrogen and oxygen atoms in total. The number of halogens is 1. The van der Waals surface area contributed by atoms with Crippen molar-refractivity contribution in [2.45, 2.75) is 26.8 Å². The van der Waals surface area contributed by atoms with Gasteiger partial charge in [0.1, 0.15) is 11.5 Å². The molecule has 4 rings (SSSR count). The van der Waals surface area contributed by atoms with Crippen molar-refractivity contribution < 1.29 is 14.0 Å². The average Bonchev–Trinajstić information content (AvgIpc) is 3.07. The maximum Gasteiger partial charge on any atom is 0.278 e. The Morgan fingerprint density at radius 3 is 2.30 bits per heavy atom. The van der Waals surface area contributed by atoms with E-state index < -0.39 is 17.6 Å². The van der Waals surface area contributed by atoms with Gasteiger partial charge in [0, 0.05) is 31.0 Å². The number of benzene rings is 2. The Hall–Kier alpha value is -3.80. The van der Waals surface area contributed by atoms with E-state index in [0.717, 1.165) is 16.0 Å². The molecule has 1 aromatic heterocycles. The number of carbonyl (C=O) groups is 2. The first kappa shape index (κ1) is 22.4. The van der Waals surface area contributed by atoms with Crippen LogP contribution < -0.4 is 0 Å². The van der Waals surface area contributed by atoms with E-state index in [-0.39, 0.29) is 6.54 Å². The monoisotopic (exact) mass is 443 g/mol. The van der Waals surface area contributed by atoms with Gasteiger partial charge in [-0.25, -0.2) is 4.39 Å². The predicted molar refractivity (Wildman–Crippen MR) is 125 cm³/mol. The number of hydrogen-bond donors (Lipinski definition) is 0. The molecule has 0 bridgehead atoms. The Labute approximate surface area is 193 Å². The molecule has 1 aliphatic heterocycles. The molecule has 0 radical (unpaired) electrons. The van der Waals surface area contributed by atoms with Crippen LogP contribution in [-0.2, 0) is 22.6 Å². The van der Waals surface area contributed by atoms with Gasteiger partial charge >= 0.3 is 0 Å². The Morgan fingerprint density at radius 1 is 0.939 bits per heavy atom. The topological polar surface area (TPSA) is 53.5 Å². The summed E-state index contributed by atoms with van der Waals surface area (Å²) in [5.41, 5.74) is 3.90. The van der Waals surface area contributed by atoms with Gasteiger partial charge < -0.3 is 4.90 Å². The van der Waals surface area contributed by atoms with E-state index in [1.165, 1.54) is 6.07 Å². The van der Waals surface area contributed by atoms with Crippen molar-refractivity contribution in [2.24, 2.45) is 0 Å². The van der Waals surface area contributed by atoms with Crippen LogP contribution in [0.15, 0.2) is 78.8 Å². The molecule has 0 atom stereocenters. The zero-order valence-electron chi connectivity index (χ0n) is 18.8. The Balaban J connectivity index is 1.71. The molecule has 6 heteroatoms. The lowest BCUT2D eigenvalue weighted by molar-refractivity contribution is -0.138. The third kappa shape index (κ3) is 4.70. The summed E-state index contributed by atoms with van der Waals surface area (Å²) in [5, 5.41) is 0. The van der Waals surface area contributed by atoms with E-state index in [1.807, 2.05) is 55.1 Å². The number of imide groups is 1. The van der Waals surface area contributed by atoms with Crippen molar-refractivity contribution in [3.63, 3.8) is 0 Å². The van der Waals surface area contributed by atoms with Crippen LogP contribution in [0.1, 0.15) is 29.2 Å². The molecule has 2 amide bonds. The molecule has 0 N–H and O–H groups in total.